The van der Waals surface area contributed by atoms with Gasteiger partial charge in [-0.05, 0) is 13.8 Å². The van der Waals surface area contributed by atoms with E-state index < -0.39 is 10.0 Å². The van der Waals surface area contributed by atoms with E-state index in [1.54, 1.807) is 11.2 Å². The number of sulfonamides is 1. The van der Waals surface area contributed by atoms with Crippen molar-refractivity contribution in [1.82, 2.24) is 9.62 Å². The van der Waals surface area contributed by atoms with Crippen molar-refractivity contribution in [2.45, 2.75) is 57.2 Å². The third-order valence-corrected chi connectivity index (χ3v) is 7.17. The molecule has 0 aliphatic carbocycles. The summed E-state index contributed by atoms with van der Waals surface area (Å²) in [6, 6.07) is 0.408. The van der Waals surface area contributed by atoms with E-state index in [1.165, 1.54) is 0 Å². The van der Waals surface area contributed by atoms with E-state index >= 15 is 0 Å². The quantitative estimate of drug-likeness (QED) is 0.835. The number of hydrogen-bond donors (Lipinski definition) is 1. The van der Waals surface area contributed by atoms with Gasteiger partial charge in [-0.15, -0.1) is 0 Å². The normalized spacial score (nSPS) is 28.6. The van der Waals surface area contributed by atoms with E-state index in [2.05, 4.69) is 12.2 Å². The summed E-state index contributed by atoms with van der Waals surface area (Å²) in [7, 11) is -3.18. The molecule has 3 atom stereocenters. The van der Waals surface area contributed by atoms with Crippen LogP contribution in [0.3, 0.4) is 0 Å². The number of nitrogens with one attached hydrogen (secondary N) is 1. The molecule has 6 heteroatoms. The monoisotopic (exact) mass is 294 g/mol. The Morgan fingerprint density at radius 2 is 1.94 bits per heavy atom. The molecule has 0 radical (unpaired) electrons. The minimum absolute atomic E-state index is 0.0928. The summed E-state index contributed by atoms with van der Waals surface area (Å²) in [5.74, 6) is 0.898. The van der Waals surface area contributed by atoms with Crippen LogP contribution in [0, 0.1) is 0 Å². The molecule has 0 spiro atoms. The highest BCUT2D eigenvalue weighted by atomic mass is 32.2. The van der Waals surface area contributed by atoms with Crippen molar-refractivity contribution in [2.24, 2.45) is 0 Å². The summed E-state index contributed by atoms with van der Waals surface area (Å²) in [6.07, 6.45) is 0. The summed E-state index contributed by atoms with van der Waals surface area (Å²) in [5, 5.41) is 3.22. The van der Waals surface area contributed by atoms with Gasteiger partial charge in [0.25, 0.3) is 0 Å². The first kappa shape index (κ1) is 16.3. The van der Waals surface area contributed by atoms with Crippen molar-refractivity contribution in [1.29, 1.82) is 0 Å². The lowest BCUT2D eigenvalue weighted by Gasteiger charge is -2.38. The minimum Gasteiger partial charge on any atom is -0.313 e. The van der Waals surface area contributed by atoms with Gasteiger partial charge in [0.2, 0.25) is 10.0 Å². The maximum absolute atomic E-state index is 12.5. The van der Waals surface area contributed by atoms with Crippen LogP contribution in [0.2, 0.25) is 0 Å². The molecule has 1 aliphatic rings. The Kier molecular flexibility index (Phi) is 5.96. The van der Waals surface area contributed by atoms with Crippen molar-refractivity contribution in [3.63, 3.8) is 0 Å². The highest BCUT2D eigenvalue weighted by Gasteiger charge is 2.36. The van der Waals surface area contributed by atoms with Crippen LogP contribution in [0.1, 0.15) is 34.6 Å². The van der Waals surface area contributed by atoms with Gasteiger partial charge in [-0.25, -0.2) is 8.42 Å². The van der Waals surface area contributed by atoms with Gasteiger partial charge in [-0.1, -0.05) is 20.8 Å². The smallest absolute Gasteiger partial charge is 0.218 e. The van der Waals surface area contributed by atoms with E-state index in [-0.39, 0.29) is 11.3 Å². The number of nitrogens with zero attached hydrogens (tertiary/aromatic N) is 1. The molecule has 0 aromatic rings. The summed E-state index contributed by atoms with van der Waals surface area (Å²) in [5.41, 5.74) is 0. The standard InChI is InChI=1S/C12H26N2O2S2/c1-9(2)13-8-10(3)18(15,16)14-6-7-17-12(5)11(14)4/h9-13H,6-8H2,1-5H3. The summed E-state index contributed by atoms with van der Waals surface area (Å²) in [4.78, 5) is 0. The lowest BCUT2D eigenvalue weighted by Crippen LogP contribution is -2.52. The largest absolute Gasteiger partial charge is 0.313 e. The Bertz CT molecular complexity index is 357. The van der Waals surface area contributed by atoms with E-state index in [1.807, 2.05) is 32.5 Å². The molecule has 0 bridgehead atoms. The zero-order chi connectivity index (χ0) is 13.9. The number of thioether (sulfide) groups is 1. The van der Waals surface area contributed by atoms with Crippen LogP contribution in [0.4, 0.5) is 0 Å². The molecule has 1 rings (SSSR count). The molecule has 0 aromatic carbocycles. The molecule has 1 heterocycles. The minimum atomic E-state index is -3.18. The molecule has 108 valence electrons. The van der Waals surface area contributed by atoms with E-state index in [0.717, 1.165) is 5.75 Å². The Morgan fingerprint density at radius 1 is 1.33 bits per heavy atom. The third kappa shape index (κ3) is 3.85. The second kappa shape index (κ2) is 6.59. The Morgan fingerprint density at radius 3 is 2.50 bits per heavy atom. The molecular weight excluding hydrogens is 268 g/mol. The SMILES string of the molecule is CC(C)NCC(C)S(=O)(=O)N1CCSC(C)C1C. The summed E-state index contributed by atoms with van der Waals surface area (Å²) in [6.45, 7) is 11.1. The third-order valence-electron chi connectivity index (χ3n) is 3.47. The van der Waals surface area contributed by atoms with Crippen molar-refractivity contribution < 1.29 is 8.42 Å². The van der Waals surface area contributed by atoms with Crippen molar-refractivity contribution in [3.8, 4) is 0 Å². The first-order valence-corrected chi connectivity index (χ1v) is 9.17. The first-order chi connectivity index (χ1) is 8.26. The van der Waals surface area contributed by atoms with Crippen molar-refractivity contribution in [2.75, 3.05) is 18.8 Å². The molecule has 0 aromatic heterocycles. The molecule has 1 fully saturated rings. The summed E-state index contributed by atoms with van der Waals surface area (Å²) < 4.78 is 26.8. The molecule has 1 saturated heterocycles. The van der Waals surface area contributed by atoms with Gasteiger partial charge in [0.15, 0.2) is 0 Å². The molecule has 18 heavy (non-hydrogen) atoms. The van der Waals surface area contributed by atoms with Gasteiger partial charge in [0, 0.05) is 36.2 Å². The molecule has 3 unspecified atom stereocenters. The molecule has 1 aliphatic heterocycles. The van der Waals surface area contributed by atoms with Gasteiger partial charge in [-0.2, -0.15) is 16.1 Å². The van der Waals surface area contributed by atoms with Crippen LogP contribution in [-0.2, 0) is 10.0 Å². The lowest BCUT2D eigenvalue weighted by molar-refractivity contribution is 0.335. The highest BCUT2D eigenvalue weighted by Crippen LogP contribution is 2.27. The molecule has 0 amide bonds. The van der Waals surface area contributed by atoms with Gasteiger partial charge in [-0.3, -0.25) is 0 Å². The van der Waals surface area contributed by atoms with Crippen LogP contribution in [-0.4, -0.2) is 54.1 Å². The first-order valence-electron chi connectivity index (χ1n) is 6.62. The average molecular weight is 294 g/mol. The maximum atomic E-state index is 12.5. The fourth-order valence-electron chi connectivity index (χ4n) is 2.00. The van der Waals surface area contributed by atoms with Crippen molar-refractivity contribution >= 4 is 21.8 Å². The van der Waals surface area contributed by atoms with Gasteiger partial charge in [0.05, 0.1) is 5.25 Å². The second-order valence-corrected chi connectivity index (χ2v) is 9.13. The Labute approximate surface area is 116 Å². The van der Waals surface area contributed by atoms with Gasteiger partial charge < -0.3 is 5.32 Å². The molecule has 0 saturated carbocycles. The number of rotatable bonds is 5. The Hall–Kier alpha value is 0.220. The maximum Gasteiger partial charge on any atom is 0.218 e. The highest BCUT2D eigenvalue weighted by molar-refractivity contribution is 8.00. The van der Waals surface area contributed by atoms with Crippen LogP contribution in [0.5, 0.6) is 0 Å². The predicted octanol–water partition coefficient (Wildman–Crippen LogP) is 1.53. The van der Waals surface area contributed by atoms with Crippen LogP contribution in [0.25, 0.3) is 0 Å². The fourth-order valence-corrected chi connectivity index (χ4v) is 5.06. The van der Waals surface area contributed by atoms with Gasteiger partial charge in [0.1, 0.15) is 0 Å². The van der Waals surface area contributed by atoms with Crippen LogP contribution >= 0.6 is 11.8 Å². The topological polar surface area (TPSA) is 49.4 Å². The predicted molar refractivity (Wildman–Crippen MR) is 79.6 cm³/mol. The zero-order valence-corrected chi connectivity index (χ0v) is 13.6. The van der Waals surface area contributed by atoms with E-state index in [0.29, 0.717) is 24.4 Å². The molecular formula is C12H26N2O2S2. The molecule has 1 N–H and O–H groups in total. The average Bonchev–Trinajstić information content (AvgIpc) is 2.29. The fraction of sp³-hybridized carbons (Fsp3) is 1.00. The lowest BCUT2D eigenvalue weighted by atomic mass is 10.2. The zero-order valence-electron chi connectivity index (χ0n) is 12.0. The van der Waals surface area contributed by atoms with E-state index in [9.17, 15) is 8.42 Å². The Balaban J connectivity index is 2.72. The second-order valence-electron chi connectivity index (χ2n) is 5.35. The molecule has 4 nitrogen and oxygen atoms in total. The number of hydrogen-bond acceptors (Lipinski definition) is 4. The van der Waals surface area contributed by atoms with Gasteiger partial charge >= 0.3 is 0 Å². The van der Waals surface area contributed by atoms with Crippen LogP contribution in [0.15, 0.2) is 0 Å². The van der Waals surface area contributed by atoms with Crippen LogP contribution < -0.4 is 5.32 Å². The van der Waals surface area contributed by atoms with Crippen molar-refractivity contribution in [3.05, 3.63) is 0 Å². The summed E-state index contributed by atoms with van der Waals surface area (Å²) >= 11 is 1.85. The van der Waals surface area contributed by atoms with E-state index in [4.69, 9.17) is 0 Å².